The fraction of sp³-hybridized carbons (Fsp3) is 0.562. The number of amides is 1. The number of benzene rings is 1. The maximum atomic E-state index is 11.8. The second-order valence-electron chi connectivity index (χ2n) is 5.58. The van der Waals surface area contributed by atoms with E-state index in [1.54, 1.807) is 0 Å². The minimum atomic E-state index is 0.0182. The molecule has 1 atom stereocenters. The molecule has 1 aromatic carbocycles. The number of likely N-dealkylation sites (N-methyl/N-ethyl adjacent to an activating group) is 1. The van der Waals surface area contributed by atoms with Crippen molar-refractivity contribution in [2.45, 2.75) is 32.2 Å². The van der Waals surface area contributed by atoms with E-state index in [2.05, 4.69) is 22.3 Å². The van der Waals surface area contributed by atoms with Gasteiger partial charge in [-0.3, -0.25) is 9.69 Å². The molecule has 0 radical (unpaired) electrons. The minimum absolute atomic E-state index is 0.0182. The largest absolute Gasteiger partial charge is 0.491 e. The van der Waals surface area contributed by atoms with Crippen LogP contribution in [0.3, 0.4) is 0 Å². The summed E-state index contributed by atoms with van der Waals surface area (Å²) < 4.78 is 5.86. The van der Waals surface area contributed by atoms with Crippen LogP contribution in [0.2, 0.25) is 0 Å². The van der Waals surface area contributed by atoms with E-state index >= 15 is 0 Å². The summed E-state index contributed by atoms with van der Waals surface area (Å²) in [7, 11) is 1.99. The molecule has 1 aliphatic rings. The molecule has 1 amide bonds. The van der Waals surface area contributed by atoms with Gasteiger partial charge < -0.3 is 10.1 Å². The molecule has 0 unspecified atom stereocenters. The van der Waals surface area contributed by atoms with Crippen LogP contribution in [0, 0.1) is 0 Å². The molecule has 110 valence electrons. The number of aryl methyl sites for hydroxylation is 1. The molecule has 0 saturated heterocycles. The monoisotopic (exact) mass is 276 g/mol. The summed E-state index contributed by atoms with van der Waals surface area (Å²) in [6.07, 6.45) is 3.23. The average Bonchev–Trinajstić information content (AvgIpc) is 2.42. The standard InChI is InChI=1S/C16H24N2O2/c1-13-12-20-15-9-4-3-7-14(15)8-5-6-10-18(2)11-16(19)17-13/h3-4,7,9,13H,5-6,8,10-12H2,1-2H3,(H,17,19)/t13-/m0/s1. The fourth-order valence-electron chi connectivity index (χ4n) is 2.45. The third-order valence-electron chi connectivity index (χ3n) is 3.52. The van der Waals surface area contributed by atoms with Gasteiger partial charge in [0.05, 0.1) is 12.6 Å². The predicted molar refractivity (Wildman–Crippen MR) is 80.0 cm³/mol. The number of nitrogens with zero attached hydrogens (tertiary/aromatic N) is 1. The van der Waals surface area contributed by atoms with Crippen molar-refractivity contribution in [3.05, 3.63) is 29.8 Å². The Morgan fingerprint density at radius 1 is 1.30 bits per heavy atom. The van der Waals surface area contributed by atoms with Crippen LogP contribution in [-0.2, 0) is 11.2 Å². The van der Waals surface area contributed by atoms with Gasteiger partial charge in [-0.1, -0.05) is 18.2 Å². The molecule has 4 nitrogen and oxygen atoms in total. The number of hydrogen-bond donors (Lipinski definition) is 1. The maximum Gasteiger partial charge on any atom is 0.234 e. The lowest BCUT2D eigenvalue weighted by atomic mass is 10.1. The first kappa shape index (κ1) is 14.9. The number of ether oxygens (including phenoxy) is 1. The van der Waals surface area contributed by atoms with Gasteiger partial charge in [0.2, 0.25) is 5.91 Å². The van der Waals surface area contributed by atoms with E-state index in [0.717, 1.165) is 31.6 Å². The van der Waals surface area contributed by atoms with Gasteiger partial charge in [-0.15, -0.1) is 0 Å². The Balaban J connectivity index is 2.07. The van der Waals surface area contributed by atoms with Gasteiger partial charge in [0.1, 0.15) is 12.4 Å². The van der Waals surface area contributed by atoms with E-state index < -0.39 is 0 Å². The van der Waals surface area contributed by atoms with E-state index in [-0.39, 0.29) is 11.9 Å². The minimum Gasteiger partial charge on any atom is -0.491 e. The normalized spacial score (nSPS) is 22.5. The molecule has 1 aliphatic heterocycles. The molecule has 0 spiro atoms. The summed E-state index contributed by atoms with van der Waals surface area (Å²) in [4.78, 5) is 13.9. The number of carbonyl (C=O) groups is 1. The maximum absolute atomic E-state index is 11.8. The molecule has 1 N–H and O–H groups in total. The van der Waals surface area contributed by atoms with Crippen molar-refractivity contribution >= 4 is 5.91 Å². The Kier molecular flexibility index (Phi) is 5.41. The molecule has 20 heavy (non-hydrogen) atoms. The quantitative estimate of drug-likeness (QED) is 0.786. The van der Waals surface area contributed by atoms with Crippen LogP contribution in [0.5, 0.6) is 5.75 Å². The number of hydrogen-bond acceptors (Lipinski definition) is 3. The smallest absolute Gasteiger partial charge is 0.234 e. The number of para-hydroxylation sites is 1. The first-order chi connectivity index (χ1) is 9.65. The number of carbonyl (C=O) groups excluding carboxylic acids is 1. The second-order valence-corrected chi connectivity index (χ2v) is 5.58. The van der Waals surface area contributed by atoms with Crippen LogP contribution in [0.1, 0.15) is 25.3 Å². The van der Waals surface area contributed by atoms with Gasteiger partial charge in [0, 0.05) is 0 Å². The van der Waals surface area contributed by atoms with Gasteiger partial charge in [-0.05, 0) is 51.4 Å². The Morgan fingerprint density at radius 2 is 2.10 bits per heavy atom. The van der Waals surface area contributed by atoms with Crippen molar-refractivity contribution in [3.63, 3.8) is 0 Å². The summed E-state index contributed by atoms with van der Waals surface area (Å²) in [5, 5.41) is 2.97. The average molecular weight is 276 g/mol. The molecule has 1 aromatic rings. The first-order valence-corrected chi connectivity index (χ1v) is 7.34. The second kappa shape index (κ2) is 7.29. The summed E-state index contributed by atoms with van der Waals surface area (Å²) in [6, 6.07) is 8.20. The SMILES string of the molecule is C[C@H]1COc2ccccc2CCCCN(C)CC(=O)N1. The van der Waals surface area contributed by atoms with Crippen LogP contribution in [0.15, 0.2) is 24.3 Å². The highest BCUT2D eigenvalue weighted by Crippen LogP contribution is 2.20. The highest BCUT2D eigenvalue weighted by atomic mass is 16.5. The van der Waals surface area contributed by atoms with Gasteiger partial charge in [0.15, 0.2) is 0 Å². The molecule has 0 aliphatic carbocycles. The Morgan fingerprint density at radius 3 is 2.95 bits per heavy atom. The third kappa shape index (κ3) is 4.53. The van der Waals surface area contributed by atoms with Gasteiger partial charge in [-0.25, -0.2) is 0 Å². The molecule has 0 fully saturated rings. The Labute approximate surface area is 121 Å². The van der Waals surface area contributed by atoms with E-state index in [1.807, 2.05) is 26.1 Å². The van der Waals surface area contributed by atoms with Crippen LogP contribution >= 0.6 is 0 Å². The van der Waals surface area contributed by atoms with Crippen LogP contribution in [-0.4, -0.2) is 43.6 Å². The molecule has 0 saturated carbocycles. The van der Waals surface area contributed by atoms with E-state index in [0.29, 0.717) is 13.2 Å². The summed E-state index contributed by atoms with van der Waals surface area (Å²) >= 11 is 0. The van der Waals surface area contributed by atoms with Crippen molar-refractivity contribution in [2.75, 3.05) is 26.7 Å². The number of fused-ring (bicyclic) bond motifs is 1. The Bertz CT molecular complexity index is 448. The van der Waals surface area contributed by atoms with Crippen molar-refractivity contribution < 1.29 is 9.53 Å². The van der Waals surface area contributed by atoms with Crippen molar-refractivity contribution in [1.29, 1.82) is 0 Å². The highest BCUT2D eigenvalue weighted by molar-refractivity contribution is 5.78. The van der Waals surface area contributed by atoms with Gasteiger partial charge in [-0.2, -0.15) is 0 Å². The van der Waals surface area contributed by atoms with E-state index in [1.165, 1.54) is 5.56 Å². The summed E-state index contributed by atoms with van der Waals surface area (Å²) in [5.41, 5.74) is 1.26. The molecule has 1 heterocycles. The molecule has 2 rings (SSSR count). The highest BCUT2D eigenvalue weighted by Gasteiger charge is 2.12. The van der Waals surface area contributed by atoms with Crippen LogP contribution in [0.4, 0.5) is 0 Å². The zero-order chi connectivity index (χ0) is 14.4. The van der Waals surface area contributed by atoms with E-state index in [4.69, 9.17) is 4.74 Å². The van der Waals surface area contributed by atoms with Gasteiger partial charge >= 0.3 is 0 Å². The van der Waals surface area contributed by atoms with Crippen LogP contribution in [0.25, 0.3) is 0 Å². The molecule has 0 aromatic heterocycles. The first-order valence-electron chi connectivity index (χ1n) is 7.34. The molecular weight excluding hydrogens is 252 g/mol. The van der Waals surface area contributed by atoms with Gasteiger partial charge in [0.25, 0.3) is 0 Å². The fourth-order valence-corrected chi connectivity index (χ4v) is 2.45. The zero-order valence-corrected chi connectivity index (χ0v) is 12.4. The van der Waals surface area contributed by atoms with Crippen LogP contribution < -0.4 is 10.1 Å². The molecule has 0 bridgehead atoms. The van der Waals surface area contributed by atoms with Crippen molar-refractivity contribution in [3.8, 4) is 5.75 Å². The Hall–Kier alpha value is -1.55. The topological polar surface area (TPSA) is 41.6 Å². The third-order valence-corrected chi connectivity index (χ3v) is 3.52. The summed E-state index contributed by atoms with van der Waals surface area (Å²) in [5.74, 6) is 1.01. The lowest BCUT2D eigenvalue weighted by Crippen LogP contribution is -2.42. The summed E-state index contributed by atoms with van der Waals surface area (Å²) in [6.45, 7) is 3.88. The lowest BCUT2D eigenvalue weighted by Gasteiger charge is -2.18. The number of nitrogens with one attached hydrogen (secondary N) is 1. The van der Waals surface area contributed by atoms with Crippen molar-refractivity contribution in [1.82, 2.24) is 10.2 Å². The zero-order valence-electron chi connectivity index (χ0n) is 12.4. The molecular formula is C16H24N2O2. The predicted octanol–water partition coefficient (Wildman–Crippen LogP) is 1.84. The lowest BCUT2D eigenvalue weighted by molar-refractivity contribution is -0.122. The van der Waals surface area contributed by atoms with E-state index in [9.17, 15) is 4.79 Å². The van der Waals surface area contributed by atoms with Crippen molar-refractivity contribution in [2.24, 2.45) is 0 Å². The number of rotatable bonds is 0. The molecule has 4 heteroatoms.